The molecule has 0 saturated carbocycles. The maximum Gasteiger partial charge on any atom is 0.379 e. The zero-order chi connectivity index (χ0) is 19.4. The first kappa shape index (κ1) is 24.5. The molecule has 10 N–H and O–H groups in total. The van der Waals surface area contributed by atoms with Crippen molar-refractivity contribution in [2.75, 3.05) is 38.2 Å². The molecule has 146 valence electrons. The summed E-state index contributed by atoms with van der Waals surface area (Å²) in [5.74, 6) is 0. The highest BCUT2D eigenvalue weighted by molar-refractivity contribution is 7.52. The topological polar surface area (TPSA) is 239 Å². The minimum absolute atomic E-state index is 0.259. The summed E-state index contributed by atoms with van der Waals surface area (Å²) in [4.78, 5) is 70.7. The van der Waals surface area contributed by atoms with Gasteiger partial charge in [-0.1, -0.05) is 0 Å². The van der Waals surface area contributed by atoms with Crippen LogP contribution in [0, 0.1) is 0 Å². The van der Waals surface area contributed by atoms with Crippen LogP contribution in [0.15, 0.2) is 0 Å². The number of hydrogen-bond acceptors (Lipinski definition) is 4. The number of quaternary nitrogens is 2. The Bertz CT molecular complexity index is 486. The van der Waals surface area contributed by atoms with Crippen molar-refractivity contribution in [2.24, 2.45) is 0 Å². The van der Waals surface area contributed by atoms with E-state index in [1.54, 1.807) is 0 Å². The molecule has 0 atom stereocenters. The Morgan fingerprint density at radius 1 is 0.458 bits per heavy atom. The predicted molar refractivity (Wildman–Crippen MR) is 79.3 cm³/mol. The van der Waals surface area contributed by atoms with E-state index >= 15 is 0 Å². The van der Waals surface area contributed by atoms with Crippen LogP contribution in [0.4, 0.5) is 0 Å². The van der Waals surface area contributed by atoms with Crippen LogP contribution in [0.2, 0.25) is 0 Å². The first-order chi connectivity index (χ1) is 10.4. The third-order valence-corrected chi connectivity index (χ3v) is 5.99. The minimum Gasteiger partial charge on any atom is -0.321 e. The van der Waals surface area contributed by atoms with Gasteiger partial charge in [-0.3, -0.25) is 18.3 Å². The van der Waals surface area contributed by atoms with Crippen LogP contribution >= 0.6 is 30.4 Å². The lowest BCUT2D eigenvalue weighted by molar-refractivity contribution is -0.937. The molecule has 0 bridgehead atoms. The lowest BCUT2D eigenvalue weighted by atomic mass is 10.5. The molecule has 0 radical (unpaired) electrons. The van der Waals surface area contributed by atoms with Crippen molar-refractivity contribution in [3.8, 4) is 0 Å². The van der Waals surface area contributed by atoms with E-state index in [1.807, 2.05) is 0 Å². The Kier molecular flexibility index (Phi) is 9.14. The zero-order valence-electron chi connectivity index (χ0n) is 12.2. The van der Waals surface area contributed by atoms with Gasteiger partial charge in [-0.15, -0.1) is 0 Å². The lowest BCUT2D eigenvalue weighted by Gasteiger charge is -2.24. The molecule has 0 aliphatic rings. The van der Waals surface area contributed by atoms with Crippen LogP contribution in [0.1, 0.15) is 0 Å². The first-order valence-corrected chi connectivity index (χ1v) is 13.4. The third kappa shape index (κ3) is 16.0. The van der Waals surface area contributed by atoms with Crippen molar-refractivity contribution >= 4 is 30.4 Å². The molecule has 0 aliphatic carbocycles. The monoisotopic (exact) mass is 438 g/mol. The minimum atomic E-state index is -4.65. The Balaban J connectivity index is 5.07. The molecule has 18 heteroatoms. The standard InChI is InChI=1S/C6H20N2O12P4/c9-21(10,11)3-7(4-22(12,13)14)1-2-8(5-23(15,16)17)6-24(18,19)20/h1-6H2,(H2,9,10,11)(H2,12,13,14)(H2,15,16,17)(H2,18,19,20)/p+2. The average molecular weight is 438 g/mol. The highest BCUT2D eigenvalue weighted by Crippen LogP contribution is 2.35. The fourth-order valence-corrected chi connectivity index (χ4v) is 5.70. The zero-order valence-corrected chi connectivity index (χ0v) is 15.8. The Labute approximate surface area is 136 Å². The fraction of sp³-hybridized carbons (Fsp3) is 1.00. The summed E-state index contributed by atoms with van der Waals surface area (Å²) in [6.07, 6.45) is -3.79. The molecular formula is C6H22N2O12P4+2. The smallest absolute Gasteiger partial charge is 0.321 e. The quantitative estimate of drug-likeness (QED) is 0.137. The van der Waals surface area contributed by atoms with Gasteiger partial charge < -0.3 is 48.9 Å². The van der Waals surface area contributed by atoms with Crippen molar-refractivity contribution < 1.29 is 67.2 Å². The second kappa shape index (κ2) is 8.94. The summed E-state index contributed by atoms with van der Waals surface area (Å²) in [6.45, 7) is -0.767. The van der Waals surface area contributed by atoms with E-state index in [4.69, 9.17) is 39.1 Å². The maximum absolute atomic E-state index is 11.0. The van der Waals surface area contributed by atoms with E-state index in [9.17, 15) is 18.3 Å². The van der Waals surface area contributed by atoms with Gasteiger partial charge in [-0.2, -0.15) is 0 Å². The van der Waals surface area contributed by atoms with Gasteiger partial charge in [0, 0.05) is 0 Å². The van der Waals surface area contributed by atoms with E-state index in [1.165, 1.54) is 0 Å². The summed E-state index contributed by atoms with van der Waals surface area (Å²) >= 11 is 0. The second-order valence-corrected chi connectivity index (χ2v) is 11.9. The molecule has 0 aliphatic heterocycles. The molecule has 0 aromatic rings. The van der Waals surface area contributed by atoms with Crippen LogP contribution in [-0.2, 0) is 18.3 Å². The molecule has 0 aromatic heterocycles. The highest BCUT2D eigenvalue weighted by atomic mass is 31.2. The largest absolute Gasteiger partial charge is 0.379 e. The van der Waals surface area contributed by atoms with E-state index in [2.05, 4.69) is 0 Å². The van der Waals surface area contributed by atoms with E-state index in [0.29, 0.717) is 0 Å². The van der Waals surface area contributed by atoms with Crippen molar-refractivity contribution in [3.63, 3.8) is 0 Å². The second-order valence-electron chi connectivity index (χ2n) is 5.29. The fourth-order valence-electron chi connectivity index (χ4n) is 1.93. The van der Waals surface area contributed by atoms with Crippen molar-refractivity contribution in [3.05, 3.63) is 0 Å². The molecule has 0 heterocycles. The van der Waals surface area contributed by atoms with Gasteiger partial charge in [-0.25, -0.2) is 0 Å². The average Bonchev–Trinajstić information content (AvgIpc) is 2.16. The Morgan fingerprint density at radius 3 is 0.750 bits per heavy atom. The van der Waals surface area contributed by atoms with Gasteiger partial charge in [0.1, 0.15) is 13.1 Å². The summed E-state index contributed by atoms with van der Waals surface area (Å²) in [6, 6.07) is 0. The molecule has 14 nitrogen and oxygen atoms in total. The molecule has 0 unspecified atom stereocenters. The highest BCUT2D eigenvalue weighted by Gasteiger charge is 2.33. The van der Waals surface area contributed by atoms with E-state index in [0.717, 1.165) is 0 Å². The van der Waals surface area contributed by atoms with Crippen molar-refractivity contribution in [1.82, 2.24) is 0 Å². The molecule has 0 saturated heterocycles. The molecule has 24 heavy (non-hydrogen) atoms. The normalized spacial score (nSPS) is 14.6. The third-order valence-electron chi connectivity index (χ3n) is 2.55. The van der Waals surface area contributed by atoms with Crippen LogP contribution < -0.4 is 9.80 Å². The Hall–Kier alpha value is 0.520. The predicted octanol–water partition coefficient (Wildman–Crippen LogP) is -4.70. The molecule has 0 rings (SSSR count). The number of rotatable bonds is 11. The summed E-state index contributed by atoms with van der Waals surface area (Å²) in [7, 11) is -18.6. The Morgan fingerprint density at radius 2 is 0.625 bits per heavy atom. The van der Waals surface area contributed by atoms with E-state index in [-0.39, 0.29) is 22.9 Å². The first-order valence-electron chi connectivity index (χ1n) is 6.22. The van der Waals surface area contributed by atoms with Gasteiger partial charge in [0.15, 0.2) is 25.1 Å². The molecule has 0 spiro atoms. The molecule has 0 amide bonds. The summed E-state index contributed by atoms with van der Waals surface area (Å²) in [5, 5.41) is 0. The number of nitrogens with one attached hydrogen (secondary N) is 2. The van der Waals surface area contributed by atoms with Crippen molar-refractivity contribution in [2.45, 2.75) is 0 Å². The van der Waals surface area contributed by atoms with E-state index < -0.39 is 55.5 Å². The van der Waals surface area contributed by atoms with Gasteiger partial charge in [0.25, 0.3) is 0 Å². The van der Waals surface area contributed by atoms with Crippen LogP contribution in [0.5, 0.6) is 0 Å². The molecule has 0 aromatic carbocycles. The lowest BCUT2D eigenvalue weighted by Crippen LogP contribution is -3.20. The SMILES string of the molecule is O=P(O)(O)C[NH+](CC[NH+](CP(=O)(O)O)CP(=O)(O)O)CP(=O)(O)O. The number of hydrogen-bond donors (Lipinski definition) is 10. The summed E-state index contributed by atoms with van der Waals surface area (Å²) in [5.41, 5.74) is 0. The molecule has 0 fully saturated rings. The van der Waals surface area contributed by atoms with Gasteiger partial charge >= 0.3 is 30.4 Å². The molecular weight excluding hydrogens is 416 g/mol. The summed E-state index contributed by atoms with van der Waals surface area (Å²) < 4.78 is 44.0. The van der Waals surface area contributed by atoms with Crippen LogP contribution in [0.3, 0.4) is 0 Å². The van der Waals surface area contributed by atoms with Gasteiger partial charge in [0.05, 0.1) is 0 Å². The van der Waals surface area contributed by atoms with Gasteiger partial charge in [0.2, 0.25) is 0 Å². The van der Waals surface area contributed by atoms with Crippen molar-refractivity contribution in [1.29, 1.82) is 0 Å². The van der Waals surface area contributed by atoms with Crippen LogP contribution in [-0.4, -0.2) is 77.4 Å². The van der Waals surface area contributed by atoms with Gasteiger partial charge in [-0.05, 0) is 0 Å². The maximum atomic E-state index is 11.0. The van der Waals surface area contributed by atoms with Crippen LogP contribution in [0.25, 0.3) is 0 Å².